The van der Waals surface area contributed by atoms with Crippen LogP contribution >= 0.6 is 0 Å². The first-order chi connectivity index (χ1) is 11.4. The highest BCUT2D eigenvalue weighted by Gasteiger charge is 2.07. The van der Waals surface area contributed by atoms with Gasteiger partial charge in [0, 0.05) is 30.4 Å². The van der Waals surface area contributed by atoms with Crippen molar-refractivity contribution in [2.45, 2.75) is 13.5 Å². The highest BCUT2D eigenvalue weighted by molar-refractivity contribution is 5.96. The van der Waals surface area contributed by atoms with Gasteiger partial charge in [0.2, 0.25) is 5.91 Å². The second kappa shape index (κ2) is 7.77. The number of carbonyl (C=O) groups excluding carboxylic acids is 3. The first kappa shape index (κ1) is 17.0. The lowest BCUT2D eigenvalue weighted by Crippen LogP contribution is -2.23. The van der Waals surface area contributed by atoms with Crippen molar-refractivity contribution >= 4 is 29.2 Å². The number of rotatable bonds is 5. The van der Waals surface area contributed by atoms with Crippen molar-refractivity contribution < 1.29 is 14.4 Å². The fraction of sp³-hybridized carbons (Fsp3) is 0.118. The third kappa shape index (κ3) is 5.13. The second-order valence-electron chi connectivity index (χ2n) is 5.13. The van der Waals surface area contributed by atoms with Crippen LogP contribution < -0.4 is 21.7 Å². The molecular weight excluding hydrogens is 308 g/mol. The van der Waals surface area contributed by atoms with E-state index < -0.39 is 6.03 Å². The lowest BCUT2D eigenvalue weighted by Gasteiger charge is -2.08. The van der Waals surface area contributed by atoms with Crippen molar-refractivity contribution in [2.75, 3.05) is 10.6 Å². The number of urea groups is 1. The van der Waals surface area contributed by atoms with Crippen LogP contribution in [-0.4, -0.2) is 17.8 Å². The van der Waals surface area contributed by atoms with Crippen LogP contribution in [0.2, 0.25) is 0 Å². The number of amides is 4. The van der Waals surface area contributed by atoms with Crippen molar-refractivity contribution in [3.05, 3.63) is 59.7 Å². The maximum absolute atomic E-state index is 12.2. The van der Waals surface area contributed by atoms with Gasteiger partial charge in [-0.2, -0.15) is 0 Å². The van der Waals surface area contributed by atoms with E-state index in [2.05, 4.69) is 16.0 Å². The number of primary amides is 1. The molecule has 7 nitrogen and oxygen atoms in total. The van der Waals surface area contributed by atoms with Gasteiger partial charge < -0.3 is 21.7 Å². The van der Waals surface area contributed by atoms with Crippen LogP contribution in [-0.2, 0) is 11.3 Å². The lowest BCUT2D eigenvalue weighted by molar-refractivity contribution is -0.114. The molecule has 24 heavy (non-hydrogen) atoms. The van der Waals surface area contributed by atoms with E-state index in [1.807, 2.05) is 12.1 Å². The number of carbonyl (C=O) groups is 3. The van der Waals surface area contributed by atoms with Gasteiger partial charge in [0.1, 0.15) is 0 Å². The molecule has 0 aliphatic heterocycles. The Bertz CT molecular complexity index is 757. The number of hydrogen-bond donors (Lipinski definition) is 4. The molecular formula is C17H18N4O3. The van der Waals surface area contributed by atoms with Crippen molar-refractivity contribution in [1.82, 2.24) is 5.32 Å². The smallest absolute Gasteiger partial charge is 0.316 e. The monoisotopic (exact) mass is 326 g/mol. The van der Waals surface area contributed by atoms with E-state index in [0.29, 0.717) is 23.5 Å². The largest absolute Gasteiger partial charge is 0.351 e. The minimum Gasteiger partial charge on any atom is -0.351 e. The lowest BCUT2D eigenvalue weighted by atomic mass is 10.1. The molecule has 0 saturated carbocycles. The molecule has 0 heterocycles. The Morgan fingerprint density at radius 1 is 0.958 bits per heavy atom. The predicted molar refractivity (Wildman–Crippen MR) is 91.6 cm³/mol. The normalized spacial score (nSPS) is 9.88. The molecule has 124 valence electrons. The molecule has 0 atom stereocenters. The molecule has 0 aromatic heterocycles. The number of nitrogens with two attached hydrogens (primary N) is 1. The van der Waals surface area contributed by atoms with Gasteiger partial charge in [-0.1, -0.05) is 18.2 Å². The Morgan fingerprint density at radius 3 is 2.29 bits per heavy atom. The average Bonchev–Trinajstić information content (AvgIpc) is 2.53. The van der Waals surface area contributed by atoms with Crippen LogP contribution in [0.1, 0.15) is 22.8 Å². The predicted octanol–water partition coefficient (Wildman–Crippen LogP) is 2.07. The van der Waals surface area contributed by atoms with Gasteiger partial charge in [-0.25, -0.2) is 4.79 Å². The summed E-state index contributed by atoms with van der Waals surface area (Å²) in [5.74, 6) is -0.408. The molecule has 0 radical (unpaired) electrons. The standard InChI is InChI=1S/C17H18N4O3/c1-11(22)20-14-7-5-12(6-8-14)10-19-16(23)13-3-2-4-15(9-13)21-17(18)24/h2-9H,10H2,1H3,(H,19,23)(H,20,22)(H3,18,21,24). The van der Waals surface area contributed by atoms with Gasteiger partial charge in [0.05, 0.1) is 0 Å². The second-order valence-corrected chi connectivity index (χ2v) is 5.13. The molecule has 0 fully saturated rings. The summed E-state index contributed by atoms with van der Waals surface area (Å²) in [6, 6.07) is 13.0. The topological polar surface area (TPSA) is 113 Å². The molecule has 4 amide bonds. The van der Waals surface area contributed by atoms with E-state index in [-0.39, 0.29) is 11.8 Å². The Balaban J connectivity index is 1.95. The summed E-state index contributed by atoms with van der Waals surface area (Å²) in [6.45, 7) is 1.78. The summed E-state index contributed by atoms with van der Waals surface area (Å²) in [5, 5.41) is 7.88. The van der Waals surface area contributed by atoms with Crippen LogP contribution in [0.5, 0.6) is 0 Å². The number of nitrogens with one attached hydrogen (secondary N) is 3. The zero-order chi connectivity index (χ0) is 17.5. The fourth-order valence-corrected chi connectivity index (χ4v) is 2.07. The highest BCUT2D eigenvalue weighted by atomic mass is 16.2. The maximum atomic E-state index is 12.2. The molecule has 0 aliphatic rings. The average molecular weight is 326 g/mol. The quantitative estimate of drug-likeness (QED) is 0.674. The molecule has 0 bridgehead atoms. The molecule has 0 aliphatic carbocycles. The van der Waals surface area contributed by atoms with Gasteiger partial charge in [-0.15, -0.1) is 0 Å². The molecule has 5 N–H and O–H groups in total. The number of anilines is 2. The SMILES string of the molecule is CC(=O)Nc1ccc(CNC(=O)c2cccc(NC(N)=O)c2)cc1. The summed E-state index contributed by atoms with van der Waals surface area (Å²) >= 11 is 0. The Labute approximate surface area is 139 Å². The summed E-state index contributed by atoms with van der Waals surface area (Å²) in [7, 11) is 0. The summed E-state index contributed by atoms with van der Waals surface area (Å²) < 4.78 is 0. The summed E-state index contributed by atoms with van der Waals surface area (Å²) in [4.78, 5) is 34.0. The van der Waals surface area contributed by atoms with Gasteiger partial charge in [0.15, 0.2) is 0 Å². The first-order valence-corrected chi connectivity index (χ1v) is 7.25. The van der Waals surface area contributed by atoms with Crippen molar-refractivity contribution in [3.8, 4) is 0 Å². The van der Waals surface area contributed by atoms with Crippen LogP contribution in [0.15, 0.2) is 48.5 Å². The third-order valence-electron chi connectivity index (χ3n) is 3.12. The maximum Gasteiger partial charge on any atom is 0.316 e. The number of hydrogen-bond acceptors (Lipinski definition) is 3. The molecule has 0 spiro atoms. The van der Waals surface area contributed by atoms with E-state index in [4.69, 9.17) is 5.73 Å². The summed E-state index contributed by atoms with van der Waals surface area (Å²) in [6.07, 6.45) is 0. The molecule has 2 rings (SSSR count). The Hall–Kier alpha value is -3.35. The van der Waals surface area contributed by atoms with E-state index in [0.717, 1.165) is 5.56 Å². The van der Waals surface area contributed by atoms with Crippen molar-refractivity contribution in [1.29, 1.82) is 0 Å². The molecule has 7 heteroatoms. The Morgan fingerprint density at radius 2 is 1.67 bits per heavy atom. The van der Waals surface area contributed by atoms with Gasteiger partial charge in [-0.3, -0.25) is 9.59 Å². The zero-order valence-corrected chi connectivity index (χ0v) is 13.1. The minimum absolute atomic E-state index is 0.138. The molecule has 2 aromatic rings. The van der Waals surface area contributed by atoms with Gasteiger partial charge in [0.25, 0.3) is 5.91 Å². The molecule has 2 aromatic carbocycles. The first-order valence-electron chi connectivity index (χ1n) is 7.25. The van der Waals surface area contributed by atoms with Crippen LogP contribution in [0.25, 0.3) is 0 Å². The fourth-order valence-electron chi connectivity index (χ4n) is 2.07. The van der Waals surface area contributed by atoms with Crippen LogP contribution in [0, 0.1) is 0 Å². The van der Waals surface area contributed by atoms with Gasteiger partial charge >= 0.3 is 6.03 Å². The van der Waals surface area contributed by atoms with Crippen molar-refractivity contribution in [2.24, 2.45) is 5.73 Å². The van der Waals surface area contributed by atoms with Crippen LogP contribution in [0.4, 0.5) is 16.2 Å². The van der Waals surface area contributed by atoms with E-state index >= 15 is 0 Å². The number of benzene rings is 2. The van der Waals surface area contributed by atoms with E-state index in [1.54, 1.807) is 36.4 Å². The zero-order valence-electron chi connectivity index (χ0n) is 13.1. The summed E-state index contributed by atoms with van der Waals surface area (Å²) in [5.41, 5.74) is 7.51. The molecule has 0 unspecified atom stereocenters. The third-order valence-corrected chi connectivity index (χ3v) is 3.12. The Kier molecular flexibility index (Phi) is 5.51. The van der Waals surface area contributed by atoms with Crippen molar-refractivity contribution in [3.63, 3.8) is 0 Å². The van der Waals surface area contributed by atoms with Crippen LogP contribution in [0.3, 0.4) is 0 Å². The minimum atomic E-state index is -0.688. The molecule has 0 saturated heterocycles. The highest BCUT2D eigenvalue weighted by Crippen LogP contribution is 2.12. The van der Waals surface area contributed by atoms with E-state index in [1.165, 1.54) is 6.92 Å². The van der Waals surface area contributed by atoms with Gasteiger partial charge in [-0.05, 0) is 35.9 Å². The van der Waals surface area contributed by atoms with E-state index in [9.17, 15) is 14.4 Å².